The number of benzene rings is 1. The fourth-order valence-electron chi connectivity index (χ4n) is 1.82. The van der Waals surface area contributed by atoms with E-state index in [1.807, 2.05) is 6.07 Å². The summed E-state index contributed by atoms with van der Waals surface area (Å²) < 4.78 is 10.5. The van der Waals surface area contributed by atoms with Gasteiger partial charge < -0.3 is 14.9 Å². The van der Waals surface area contributed by atoms with Crippen molar-refractivity contribution >= 4 is 16.6 Å². The Bertz CT molecular complexity index is 648. The zero-order chi connectivity index (χ0) is 11.8. The van der Waals surface area contributed by atoms with E-state index in [9.17, 15) is 0 Å². The first-order chi connectivity index (χ1) is 8.33. The number of ether oxygens (including phenoxy) is 2. The van der Waals surface area contributed by atoms with Gasteiger partial charge in [0, 0.05) is 17.6 Å². The average Bonchev–Trinajstić information content (AvgIpc) is 2.81. The fraction of sp³-hybridized carbons (Fsp3) is 0.0909. The third kappa shape index (κ3) is 1.33. The van der Waals surface area contributed by atoms with Gasteiger partial charge in [-0.25, -0.2) is 0 Å². The summed E-state index contributed by atoms with van der Waals surface area (Å²) in [5.74, 6) is 6.72. The first kappa shape index (κ1) is 9.69. The molecule has 0 amide bonds. The number of rotatable bonds is 1. The number of anilines is 1. The lowest BCUT2D eigenvalue weighted by Gasteiger charge is -2.07. The molecule has 0 radical (unpaired) electrons. The van der Waals surface area contributed by atoms with Gasteiger partial charge in [0.1, 0.15) is 6.07 Å². The lowest BCUT2D eigenvalue weighted by atomic mass is 10.1. The van der Waals surface area contributed by atoms with Gasteiger partial charge in [-0.15, -0.1) is 0 Å². The molecule has 0 saturated heterocycles. The standard InChI is InChI=1S/C11H8N4O2/c12-3-6-4-14-8-2-10-9(16-5-17-10)1-7(8)11(6)15-13/h1-2,4H,5,13H2,(H,14,15). The number of nitrogens with one attached hydrogen (secondary N) is 1. The number of hydrogen-bond acceptors (Lipinski definition) is 6. The lowest BCUT2D eigenvalue weighted by Crippen LogP contribution is -2.09. The first-order valence-corrected chi connectivity index (χ1v) is 4.92. The molecule has 84 valence electrons. The van der Waals surface area contributed by atoms with Gasteiger partial charge in [0.25, 0.3) is 0 Å². The highest BCUT2D eigenvalue weighted by molar-refractivity contribution is 5.95. The maximum Gasteiger partial charge on any atom is 0.231 e. The third-order valence-corrected chi connectivity index (χ3v) is 2.63. The van der Waals surface area contributed by atoms with Gasteiger partial charge in [0.2, 0.25) is 6.79 Å². The van der Waals surface area contributed by atoms with Crippen LogP contribution in [0.2, 0.25) is 0 Å². The summed E-state index contributed by atoms with van der Waals surface area (Å²) in [4.78, 5) is 4.18. The Balaban J connectivity index is 2.36. The zero-order valence-corrected chi connectivity index (χ0v) is 8.73. The van der Waals surface area contributed by atoms with E-state index in [2.05, 4.69) is 10.4 Å². The van der Waals surface area contributed by atoms with Crippen molar-refractivity contribution in [1.29, 1.82) is 5.26 Å². The second-order valence-corrected chi connectivity index (χ2v) is 3.53. The summed E-state index contributed by atoms with van der Waals surface area (Å²) >= 11 is 0. The molecule has 6 nitrogen and oxygen atoms in total. The predicted octanol–water partition coefficient (Wildman–Crippen LogP) is 1.12. The van der Waals surface area contributed by atoms with E-state index in [1.165, 1.54) is 6.20 Å². The smallest absolute Gasteiger partial charge is 0.231 e. The molecule has 1 aromatic heterocycles. The highest BCUT2D eigenvalue weighted by atomic mass is 16.7. The molecule has 2 aromatic rings. The number of nitriles is 1. The van der Waals surface area contributed by atoms with E-state index in [0.29, 0.717) is 28.3 Å². The number of nitrogens with two attached hydrogens (primary N) is 1. The highest BCUT2D eigenvalue weighted by Crippen LogP contribution is 2.38. The largest absolute Gasteiger partial charge is 0.454 e. The second kappa shape index (κ2) is 3.50. The Morgan fingerprint density at radius 3 is 2.82 bits per heavy atom. The van der Waals surface area contributed by atoms with Crippen LogP contribution in [0.3, 0.4) is 0 Å². The SMILES string of the molecule is N#Cc1cnc2cc3c(cc2c1NN)OCO3. The summed E-state index contributed by atoms with van der Waals surface area (Å²) in [5.41, 5.74) is 4.14. The summed E-state index contributed by atoms with van der Waals surface area (Å²) in [6.45, 7) is 0.197. The molecular weight excluding hydrogens is 220 g/mol. The summed E-state index contributed by atoms with van der Waals surface area (Å²) in [6, 6.07) is 5.56. The van der Waals surface area contributed by atoms with Crippen molar-refractivity contribution in [3.8, 4) is 17.6 Å². The first-order valence-electron chi connectivity index (χ1n) is 4.92. The zero-order valence-electron chi connectivity index (χ0n) is 8.73. The Kier molecular flexibility index (Phi) is 2.00. The molecule has 0 fully saturated rings. The van der Waals surface area contributed by atoms with Crippen LogP contribution in [0.4, 0.5) is 5.69 Å². The van der Waals surface area contributed by atoms with E-state index < -0.39 is 0 Å². The Hall–Kier alpha value is -2.52. The van der Waals surface area contributed by atoms with E-state index in [4.69, 9.17) is 20.6 Å². The van der Waals surface area contributed by atoms with Gasteiger partial charge in [0.15, 0.2) is 11.5 Å². The molecule has 1 aliphatic heterocycles. The van der Waals surface area contributed by atoms with Crippen LogP contribution >= 0.6 is 0 Å². The summed E-state index contributed by atoms with van der Waals surface area (Å²) in [6.07, 6.45) is 1.47. The van der Waals surface area contributed by atoms with Crippen LogP contribution in [0, 0.1) is 11.3 Å². The molecule has 6 heteroatoms. The van der Waals surface area contributed by atoms with Crippen LogP contribution in [0.25, 0.3) is 10.9 Å². The second-order valence-electron chi connectivity index (χ2n) is 3.53. The van der Waals surface area contributed by atoms with Crippen molar-refractivity contribution in [1.82, 2.24) is 4.98 Å². The van der Waals surface area contributed by atoms with Crippen molar-refractivity contribution in [2.24, 2.45) is 5.84 Å². The van der Waals surface area contributed by atoms with Crippen molar-refractivity contribution in [3.05, 3.63) is 23.9 Å². The number of nitrogen functional groups attached to an aromatic ring is 1. The van der Waals surface area contributed by atoms with Gasteiger partial charge in [-0.3, -0.25) is 10.8 Å². The topological polar surface area (TPSA) is 93.2 Å². The number of aromatic nitrogens is 1. The van der Waals surface area contributed by atoms with Crippen LogP contribution in [0.5, 0.6) is 11.5 Å². The average molecular weight is 228 g/mol. The molecule has 0 atom stereocenters. The minimum Gasteiger partial charge on any atom is -0.454 e. The molecule has 1 aliphatic rings. The number of pyridine rings is 1. The molecular formula is C11H8N4O2. The Morgan fingerprint density at radius 1 is 1.35 bits per heavy atom. The maximum absolute atomic E-state index is 8.96. The highest BCUT2D eigenvalue weighted by Gasteiger charge is 2.17. The number of hydrogen-bond donors (Lipinski definition) is 2. The van der Waals surface area contributed by atoms with Gasteiger partial charge >= 0.3 is 0 Å². The number of hydrazine groups is 1. The fourth-order valence-corrected chi connectivity index (χ4v) is 1.82. The van der Waals surface area contributed by atoms with Crippen molar-refractivity contribution in [2.75, 3.05) is 12.2 Å². The molecule has 0 saturated carbocycles. The number of nitrogens with zero attached hydrogens (tertiary/aromatic N) is 2. The monoisotopic (exact) mass is 228 g/mol. The molecule has 17 heavy (non-hydrogen) atoms. The molecule has 2 heterocycles. The normalized spacial score (nSPS) is 12.5. The Labute approximate surface area is 96.5 Å². The maximum atomic E-state index is 8.96. The van der Waals surface area contributed by atoms with E-state index in [1.54, 1.807) is 12.1 Å². The summed E-state index contributed by atoms with van der Waals surface area (Å²) in [5, 5.41) is 9.69. The van der Waals surface area contributed by atoms with Gasteiger partial charge in [-0.2, -0.15) is 5.26 Å². The Morgan fingerprint density at radius 2 is 2.12 bits per heavy atom. The van der Waals surface area contributed by atoms with Crippen molar-refractivity contribution < 1.29 is 9.47 Å². The minimum atomic E-state index is 0.197. The minimum absolute atomic E-state index is 0.197. The molecule has 3 N–H and O–H groups in total. The summed E-state index contributed by atoms with van der Waals surface area (Å²) in [7, 11) is 0. The molecule has 0 aliphatic carbocycles. The lowest BCUT2D eigenvalue weighted by molar-refractivity contribution is 0.174. The molecule has 3 rings (SSSR count). The quantitative estimate of drug-likeness (QED) is 0.561. The van der Waals surface area contributed by atoms with Crippen LogP contribution in [0.1, 0.15) is 5.56 Å². The van der Waals surface area contributed by atoms with Crippen LogP contribution in [0.15, 0.2) is 18.3 Å². The number of fused-ring (bicyclic) bond motifs is 2. The molecule has 0 unspecified atom stereocenters. The van der Waals surface area contributed by atoms with Crippen molar-refractivity contribution in [3.63, 3.8) is 0 Å². The van der Waals surface area contributed by atoms with Gasteiger partial charge in [-0.1, -0.05) is 0 Å². The van der Waals surface area contributed by atoms with Crippen LogP contribution < -0.4 is 20.7 Å². The van der Waals surface area contributed by atoms with Crippen LogP contribution in [-0.4, -0.2) is 11.8 Å². The van der Waals surface area contributed by atoms with E-state index in [-0.39, 0.29) is 6.79 Å². The molecule has 1 aromatic carbocycles. The van der Waals surface area contributed by atoms with Gasteiger partial charge in [-0.05, 0) is 6.07 Å². The van der Waals surface area contributed by atoms with E-state index >= 15 is 0 Å². The van der Waals surface area contributed by atoms with E-state index in [0.717, 1.165) is 5.39 Å². The van der Waals surface area contributed by atoms with Gasteiger partial charge in [0.05, 0.1) is 16.8 Å². The predicted molar refractivity (Wildman–Crippen MR) is 60.4 cm³/mol. The van der Waals surface area contributed by atoms with Crippen LogP contribution in [-0.2, 0) is 0 Å². The molecule has 0 bridgehead atoms. The third-order valence-electron chi connectivity index (χ3n) is 2.63. The molecule has 0 spiro atoms. The van der Waals surface area contributed by atoms with Crippen molar-refractivity contribution in [2.45, 2.75) is 0 Å².